The molecule has 0 bridgehead atoms. The molecule has 0 unspecified atom stereocenters. The molecule has 5 heteroatoms. The van der Waals surface area contributed by atoms with E-state index in [4.69, 9.17) is 11.4 Å². The molecule has 0 radical (unpaired) electrons. The molecule has 1 aromatic heterocycles. The van der Waals surface area contributed by atoms with Crippen molar-refractivity contribution in [2.75, 3.05) is 20.2 Å². The van der Waals surface area contributed by atoms with Crippen LogP contribution in [0.1, 0.15) is 43.5 Å². The molecule has 1 saturated heterocycles. The lowest BCUT2D eigenvalue weighted by atomic mass is 9.66. The Kier molecular flexibility index (Phi) is 3.66. The molecule has 5 rings (SSSR count). The highest BCUT2D eigenvalue weighted by molar-refractivity contribution is 6.24. The van der Waals surface area contributed by atoms with Gasteiger partial charge in [0.2, 0.25) is 0 Å². The third kappa shape index (κ3) is 2.11. The van der Waals surface area contributed by atoms with Crippen LogP contribution in [0.4, 0.5) is 0 Å². The molecule has 0 N–H and O–H groups in total. The number of aromatic nitrogens is 1. The maximum absolute atomic E-state index is 7.71. The number of piperidine rings is 1. The molecule has 0 amide bonds. The number of hydrogen-bond donors (Lipinski definition) is 0. The summed E-state index contributed by atoms with van der Waals surface area (Å²) < 4.78 is 2.30. The zero-order valence-corrected chi connectivity index (χ0v) is 15.9. The molecule has 0 spiro atoms. The zero-order valence-electron chi connectivity index (χ0n) is 15.9. The van der Waals surface area contributed by atoms with Crippen LogP contribution in [0.2, 0.25) is 0 Å². The smallest absolute Gasteiger partial charge is 0.338 e. The number of nitrogens with zero attached hydrogens (tertiary/aromatic N) is 4. The quantitative estimate of drug-likeness (QED) is 0.350. The van der Waals surface area contributed by atoms with E-state index in [1.807, 2.05) is 0 Å². The first-order valence-corrected chi connectivity index (χ1v) is 9.82. The fourth-order valence-corrected chi connectivity index (χ4v) is 5.65. The Hall–Kier alpha value is -2.58. The van der Waals surface area contributed by atoms with Crippen LogP contribution in [0, 0.1) is 12.0 Å². The van der Waals surface area contributed by atoms with Gasteiger partial charge < -0.3 is 14.2 Å². The van der Waals surface area contributed by atoms with Gasteiger partial charge in [0.05, 0.1) is 22.4 Å². The number of amidine groups is 1. The number of para-hydroxylation sites is 1. The fraction of sp³-hybridized carbons (Fsp3) is 0.455. The summed E-state index contributed by atoms with van der Waals surface area (Å²) in [6.07, 6.45) is 6.85. The van der Waals surface area contributed by atoms with E-state index in [9.17, 15) is 0 Å². The second-order valence-corrected chi connectivity index (χ2v) is 7.83. The molecule has 1 aromatic carbocycles. The van der Waals surface area contributed by atoms with E-state index in [-0.39, 0.29) is 5.41 Å². The van der Waals surface area contributed by atoms with Crippen molar-refractivity contribution in [1.29, 1.82) is 0 Å². The summed E-state index contributed by atoms with van der Waals surface area (Å²) in [5.74, 6) is 0.343. The van der Waals surface area contributed by atoms with Crippen LogP contribution in [-0.4, -0.2) is 35.5 Å². The summed E-state index contributed by atoms with van der Waals surface area (Å²) in [6, 6.07) is 8.99. The molecular weight excluding hydrogens is 336 g/mol. The van der Waals surface area contributed by atoms with Gasteiger partial charge >= 0.3 is 5.84 Å². The van der Waals surface area contributed by atoms with E-state index >= 15 is 0 Å². The molecule has 5 nitrogen and oxygen atoms in total. The first kappa shape index (κ1) is 16.6. The maximum atomic E-state index is 7.71. The van der Waals surface area contributed by atoms with Crippen LogP contribution in [0.15, 0.2) is 35.5 Å². The van der Waals surface area contributed by atoms with E-state index in [1.54, 1.807) is 0 Å². The molecule has 27 heavy (non-hydrogen) atoms. The molecule has 4 heterocycles. The van der Waals surface area contributed by atoms with Crippen molar-refractivity contribution >= 4 is 22.4 Å². The number of benzene rings is 1. The zero-order chi connectivity index (χ0) is 18.6. The lowest BCUT2D eigenvalue weighted by Gasteiger charge is -2.53. The Morgan fingerprint density at radius 1 is 1.37 bits per heavy atom. The molecule has 0 aliphatic carbocycles. The average Bonchev–Trinajstić information content (AvgIpc) is 3.06. The summed E-state index contributed by atoms with van der Waals surface area (Å²) in [7, 11) is 1.51. The third-order valence-electron chi connectivity index (χ3n) is 6.76. The molecular formula is C22H24N4O. The Morgan fingerprint density at radius 2 is 2.22 bits per heavy atom. The van der Waals surface area contributed by atoms with Gasteiger partial charge in [0.1, 0.15) is 7.11 Å². The summed E-state index contributed by atoms with van der Waals surface area (Å²) in [4.78, 5) is 11.4. The van der Waals surface area contributed by atoms with Crippen LogP contribution in [0.5, 0.6) is 0 Å². The SMILES string of the molecule is [C-]#[N+]/C(=N\OC)C1=C[C@]2(CC)CCCN3CCc4c(n1c1ccccc41)[C@@H]32. The van der Waals surface area contributed by atoms with E-state index in [2.05, 4.69) is 56.7 Å². The van der Waals surface area contributed by atoms with Crippen molar-refractivity contribution in [2.24, 2.45) is 10.6 Å². The number of fused-ring (bicyclic) bond motifs is 3. The largest absolute Gasteiger partial charge is 0.356 e. The van der Waals surface area contributed by atoms with E-state index in [0.29, 0.717) is 11.9 Å². The Bertz CT molecular complexity index is 1020. The topological polar surface area (TPSA) is 34.1 Å². The van der Waals surface area contributed by atoms with Gasteiger partial charge in [-0.05, 0) is 43.9 Å². The lowest BCUT2D eigenvalue weighted by Crippen LogP contribution is -2.51. The van der Waals surface area contributed by atoms with Crippen molar-refractivity contribution in [3.05, 3.63) is 53.0 Å². The van der Waals surface area contributed by atoms with Crippen molar-refractivity contribution in [3.8, 4) is 0 Å². The standard InChI is InChI=1S/C22H24N4O/c1-4-22-11-7-12-25-13-10-16-15-8-5-6-9-17(15)26(19(16)20(22)25)18(14-22)21(23-2)24-27-3/h5-6,8-9,14,20H,4,7,10-13H2,1,3H3/b24-21-/t20-,22+/m1/s1. The molecule has 138 valence electrons. The predicted octanol–water partition coefficient (Wildman–Crippen LogP) is 4.46. The summed E-state index contributed by atoms with van der Waals surface area (Å²) in [6.45, 7) is 12.3. The number of rotatable bonds is 3. The van der Waals surface area contributed by atoms with Gasteiger partial charge in [-0.3, -0.25) is 4.90 Å². The first-order valence-electron chi connectivity index (χ1n) is 9.82. The predicted molar refractivity (Wildman–Crippen MR) is 107 cm³/mol. The van der Waals surface area contributed by atoms with Gasteiger partial charge in [0.25, 0.3) is 0 Å². The van der Waals surface area contributed by atoms with Gasteiger partial charge in [-0.15, -0.1) is 0 Å². The van der Waals surface area contributed by atoms with E-state index < -0.39 is 0 Å². The van der Waals surface area contributed by atoms with Crippen molar-refractivity contribution < 1.29 is 4.84 Å². The molecule has 1 fully saturated rings. The third-order valence-corrected chi connectivity index (χ3v) is 6.76. The van der Waals surface area contributed by atoms with Crippen molar-refractivity contribution in [2.45, 2.75) is 38.6 Å². The van der Waals surface area contributed by atoms with Crippen LogP contribution >= 0.6 is 0 Å². The molecule has 2 atom stereocenters. The molecule has 3 aliphatic heterocycles. The normalized spacial score (nSPS) is 27.1. The summed E-state index contributed by atoms with van der Waals surface area (Å²) >= 11 is 0. The lowest BCUT2D eigenvalue weighted by molar-refractivity contribution is 0.0273. The van der Waals surface area contributed by atoms with Gasteiger partial charge in [0.15, 0.2) is 0 Å². The molecule has 0 saturated carbocycles. The minimum absolute atomic E-state index is 0.0618. The van der Waals surface area contributed by atoms with Crippen LogP contribution in [0.3, 0.4) is 0 Å². The Morgan fingerprint density at radius 3 is 3.00 bits per heavy atom. The second kappa shape index (κ2) is 5.97. The Balaban J connectivity index is 1.89. The first-order chi connectivity index (χ1) is 13.2. The molecule has 3 aliphatic rings. The maximum Gasteiger partial charge on any atom is 0.338 e. The van der Waals surface area contributed by atoms with Gasteiger partial charge in [-0.25, -0.2) is 0 Å². The highest BCUT2D eigenvalue weighted by Gasteiger charge is 2.50. The van der Waals surface area contributed by atoms with Gasteiger partial charge in [0, 0.05) is 23.0 Å². The minimum atomic E-state index is 0.0618. The highest BCUT2D eigenvalue weighted by atomic mass is 16.6. The van der Waals surface area contributed by atoms with Crippen LogP contribution in [-0.2, 0) is 11.3 Å². The van der Waals surface area contributed by atoms with Gasteiger partial charge in [-0.2, -0.15) is 0 Å². The average molecular weight is 360 g/mol. The highest BCUT2D eigenvalue weighted by Crippen LogP contribution is 2.57. The number of hydrogen-bond acceptors (Lipinski definition) is 3. The van der Waals surface area contributed by atoms with Crippen molar-refractivity contribution in [1.82, 2.24) is 9.47 Å². The minimum Gasteiger partial charge on any atom is -0.356 e. The van der Waals surface area contributed by atoms with Crippen LogP contribution < -0.4 is 0 Å². The second-order valence-electron chi connectivity index (χ2n) is 7.83. The van der Waals surface area contributed by atoms with E-state index in [0.717, 1.165) is 31.5 Å². The number of oxime groups is 1. The Labute approximate surface area is 159 Å². The molecule has 2 aromatic rings. The van der Waals surface area contributed by atoms with Gasteiger partial charge in [-0.1, -0.05) is 37.8 Å². The van der Waals surface area contributed by atoms with Crippen LogP contribution in [0.25, 0.3) is 21.4 Å². The summed E-state index contributed by atoms with van der Waals surface area (Å²) in [5, 5.41) is 5.40. The van der Waals surface area contributed by atoms with Crippen molar-refractivity contribution in [3.63, 3.8) is 0 Å². The van der Waals surface area contributed by atoms with E-state index in [1.165, 1.54) is 42.2 Å². The monoisotopic (exact) mass is 360 g/mol. The summed E-state index contributed by atoms with van der Waals surface area (Å²) in [5.41, 5.74) is 4.98. The fourth-order valence-electron chi connectivity index (χ4n) is 5.65.